The third-order valence-corrected chi connectivity index (χ3v) is 0.684. The van der Waals surface area contributed by atoms with Crippen LogP contribution < -0.4 is 0 Å². The standard InChI is InChI=1S/C3H6NO2.Au/c1-4-2-3(5)6;/h2H2,1H3,(H,5,6);/q-1;+1. The molecule has 7 heavy (non-hydrogen) atoms. The summed E-state index contributed by atoms with van der Waals surface area (Å²) in [5, 5.41) is 8.03. The van der Waals surface area contributed by atoms with Gasteiger partial charge in [0.15, 0.2) is 0 Å². The summed E-state index contributed by atoms with van der Waals surface area (Å²) in [5.41, 5.74) is 0. The molecule has 0 spiro atoms. The number of nitrogens with zero attached hydrogens (tertiary/aromatic N) is 1. The number of carboxylic acid groups (broad SMARTS) is 1. The molecule has 0 aromatic rings. The summed E-state index contributed by atoms with van der Waals surface area (Å²) in [4.78, 5) is 9.76. The monoisotopic (exact) mass is 285 g/mol. The van der Waals surface area contributed by atoms with E-state index in [4.69, 9.17) is 5.11 Å². The number of hydrogen-bond acceptors (Lipinski definition) is 2. The number of likely N-dealkylation sites (N-methyl/N-ethyl adjacent to an activating group) is 1. The molecule has 0 saturated carbocycles. The van der Waals surface area contributed by atoms with Crippen LogP contribution in [0.25, 0.3) is 0 Å². The maximum absolute atomic E-state index is 9.76. The van der Waals surface area contributed by atoms with E-state index < -0.39 is 5.97 Å². The van der Waals surface area contributed by atoms with Gasteiger partial charge in [-0.2, -0.15) is 0 Å². The second-order valence-electron chi connectivity index (χ2n) is 1.10. The molecular formula is C3H6AuNO2. The summed E-state index contributed by atoms with van der Waals surface area (Å²) < 4.78 is 1.54. The molecule has 1 N–H and O–H groups in total. The normalized spacial score (nSPS) is 9.71. The summed E-state index contributed by atoms with van der Waals surface area (Å²) in [6.07, 6.45) is 0. The van der Waals surface area contributed by atoms with Crippen molar-refractivity contribution >= 4 is 5.97 Å². The zero-order valence-electron chi connectivity index (χ0n) is 3.81. The molecule has 0 rings (SSSR count). The predicted octanol–water partition coefficient (Wildman–Crippen LogP) is -0.535. The van der Waals surface area contributed by atoms with E-state index in [-0.39, 0.29) is 6.54 Å². The van der Waals surface area contributed by atoms with Crippen molar-refractivity contribution in [2.75, 3.05) is 13.6 Å². The fourth-order valence-electron chi connectivity index (χ4n) is 0.176. The van der Waals surface area contributed by atoms with Crippen molar-refractivity contribution in [2.45, 2.75) is 0 Å². The van der Waals surface area contributed by atoms with Gasteiger partial charge in [0.1, 0.15) is 0 Å². The van der Waals surface area contributed by atoms with Gasteiger partial charge in [-0.1, -0.05) is 0 Å². The number of aliphatic carboxylic acids is 1. The first-order valence-corrected chi connectivity index (χ1v) is 2.65. The van der Waals surface area contributed by atoms with Gasteiger partial charge in [-0.3, -0.25) is 0 Å². The van der Waals surface area contributed by atoms with E-state index >= 15 is 0 Å². The summed E-state index contributed by atoms with van der Waals surface area (Å²) in [7, 11) is 1.69. The molecule has 3 nitrogen and oxygen atoms in total. The van der Waals surface area contributed by atoms with Crippen LogP contribution >= 0.6 is 0 Å². The number of hydrogen-bond donors (Lipinski definition) is 1. The van der Waals surface area contributed by atoms with Crippen LogP contribution in [0.15, 0.2) is 0 Å². The van der Waals surface area contributed by atoms with Gasteiger partial charge >= 0.3 is 54.1 Å². The molecule has 0 amide bonds. The minimum absolute atomic E-state index is 0.0864. The van der Waals surface area contributed by atoms with Crippen LogP contribution in [-0.4, -0.2) is 28.0 Å². The summed E-state index contributed by atoms with van der Waals surface area (Å²) in [6.45, 7) is 0.0864. The average Bonchev–Trinajstić information content (AvgIpc) is 1.27. The zero-order valence-corrected chi connectivity index (χ0v) is 5.98. The van der Waals surface area contributed by atoms with Crippen LogP contribution in [0.5, 0.6) is 0 Å². The Morgan fingerprint density at radius 1 is 2.00 bits per heavy atom. The molecule has 0 unspecified atom stereocenters. The topological polar surface area (TPSA) is 40.5 Å². The van der Waals surface area contributed by atoms with Crippen LogP contribution in [0.3, 0.4) is 0 Å². The molecule has 4 heteroatoms. The van der Waals surface area contributed by atoms with Crippen molar-refractivity contribution in [3.05, 3.63) is 0 Å². The number of rotatable bonds is 2. The van der Waals surface area contributed by atoms with Crippen LogP contribution in [-0.2, 0) is 26.1 Å². The maximum atomic E-state index is 9.76. The SMILES string of the molecule is C[N]([Au])CC(=O)O. The first kappa shape index (κ1) is 7.17. The van der Waals surface area contributed by atoms with Crippen LogP contribution in [0.4, 0.5) is 0 Å². The van der Waals surface area contributed by atoms with Crippen LogP contribution in [0.2, 0.25) is 0 Å². The van der Waals surface area contributed by atoms with E-state index in [0.29, 0.717) is 0 Å². The van der Waals surface area contributed by atoms with E-state index in [1.165, 1.54) is 0 Å². The number of carbonyl (C=O) groups is 1. The van der Waals surface area contributed by atoms with Gasteiger partial charge in [-0.25, -0.2) is 0 Å². The van der Waals surface area contributed by atoms with Crippen molar-refractivity contribution in [2.24, 2.45) is 0 Å². The van der Waals surface area contributed by atoms with E-state index in [1.807, 2.05) is 0 Å². The van der Waals surface area contributed by atoms with Gasteiger partial charge in [0.2, 0.25) is 0 Å². The first-order chi connectivity index (χ1) is 3.13. The molecule has 0 saturated heterocycles. The molecular weight excluding hydrogens is 279 g/mol. The third kappa shape index (κ3) is 6.17. The summed E-state index contributed by atoms with van der Waals surface area (Å²) >= 11 is 2.08. The molecule has 0 fully saturated rings. The van der Waals surface area contributed by atoms with Gasteiger partial charge in [-0.15, -0.1) is 0 Å². The summed E-state index contributed by atoms with van der Waals surface area (Å²) in [6, 6.07) is 0. The Labute approximate surface area is 54.5 Å². The van der Waals surface area contributed by atoms with Crippen molar-refractivity contribution in [1.82, 2.24) is 3.30 Å². The molecule has 0 aromatic heterocycles. The third-order valence-electron chi connectivity index (χ3n) is 0.341. The molecule has 0 radical (unpaired) electrons. The minimum atomic E-state index is -0.801. The van der Waals surface area contributed by atoms with Crippen molar-refractivity contribution in [3.63, 3.8) is 0 Å². The van der Waals surface area contributed by atoms with E-state index in [9.17, 15) is 4.79 Å². The van der Waals surface area contributed by atoms with Gasteiger partial charge in [0, 0.05) is 0 Å². The Bertz CT molecular complexity index is 73.3. The second kappa shape index (κ2) is 3.21. The Balaban J connectivity index is 3.13. The molecule has 0 aromatic carbocycles. The van der Waals surface area contributed by atoms with Gasteiger partial charge in [0.25, 0.3) is 0 Å². The van der Waals surface area contributed by atoms with Gasteiger partial charge < -0.3 is 0 Å². The quantitative estimate of drug-likeness (QED) is 0.693. The fraction of sp³-hybridized carbons (Fsp3) is 0.667. The molecule has 0 aliphatic rings. The van der Waals surface area contributed by atoms with Gasteiger partial charge in [-0.05, 0) is 0 Å². The molecule has 0 aliphatic heterocycles. The van der Waals surface area contributed by atoms with Gasteiger partial charge in [0.05, 0.1) is 0 Å². The Morgan fingerprint density at radius 3 is 2.43 bits per heavy atom. The Morgan fingerprint density at radius 2 is 2.43 bits per heavy atom. The molecule has 46 valence electrons. The van der Waals surface area contributed by atoms with E-state index in [2.05, 4.69) is 21.3 Å². The second-order valence-corrected chi connectivity index (χ2v) is 2.75. The summed E-state index contributed by atoms with van der Waals surface area (Å²) in [5.74, 6) is -0.801. The molecule has 0 bridgehead atoms. The van der Waals surface area contributed by atoms with E-state index in [0.717, 1.165) is 0 Å². The van der Waals surface area contributed by atoms with Crippen LogP contribution in [0, 0.1) is 0 Å². The zero-order chi connectivity index (χ0) is 5.86. The molecule has 0 heterocycles. The predicted molar refractivity (Wildman–Crippen MR) is 20.3 cm³/mol. The van der Waals surface area contributed by atoms with Crippen molar-refractivity contribution < 1.29 is 31.2 Å². The average molecular weight is 285 g/mol. The van der Waals surface area contributed by atoms with E-state index in [1.54, 1.807) is 10.4 Å². The fourth-order valence-corrected chi connectivity index (χ4v) is 0.469. The molecule has 0 atom stereocenters. The molecule has 0 aliphatic carbocycles. The van der Waals surface area contributed by atoms with Crippen LogP contribution in [0.1, 0.15) is 0 Å². The Hall–Kier alpha value is 0.170. The van der Waals surface area contributed by atoms with Crippen molar-refractivity contribution in [1.29, 1.82) is 0 Å². The Kier molecular flexibility index (Phi) is 3.29. The first-order valence-electron chi connectivity index (χ1n) is 1.68. The van der Waals surface area contributed by atoms with Crippen molar-refractivity contribution in [3.8, 4) is 0 Å². The number of carboxylic acids is 1.